The lowest BCUT2D eigenvalue weighted by atomic mass is 10.1. The van der Waals surface area contributed by atoms with E-state index in [-0.39, 0.29) is 11.4 Å². The van der Waals surface area contributed by atoms with Crippen LogP contribution in [0.5, 0.6) is 0 Å². The third kappa shape index (κ3) is 1.03. The molecule has 3 heteroatoms. The van der Waals surface area contributed by atoms with Crippen LogP contribution in [0, 0.1) is 5.92 Å². The van der Waals surface area contributed by atoms with E-state index in [1.165, 1.54) is 0 Å². The summed E-state index contributed by atoms with van der Waals surface area (Å²) in [6.45, 7) is 3.32. The summed E-state index contributed by atoms with van der Waals surface area (Å²) in [4.78, 5) is 12.8. The van der Waals surface area contributed by atoms with Gasteiger partial charge in [0.25, 0.3) is 0 Å². The molecule has 1 saturated carbocycles. The Morgan fingerprint density at radius 3 is 3.00 bits per heavy atom. The van der Waals surface area contributed by atoms with Gasteiger partial charge in [-0.05, 0) is 18.8 Å². The predicted octanol–water partition coefficient (Wildman–Crippen LogP) is -0.0440. The van der Waals surface area contributed by atoms with Gasteiger partial charge in [-0.25, -0.2) is 0 Å². The standard InChI is InChI=1S/C8H14N2O/c1-6(11)10-3-2-7-4-8(7,9)5-10/h7H,2-5,9H2,1H3. The molecule has 1 aliphatic heterocycles. The van der Waals surface area contributed by atoms with Crippen LogP contribution in [0.3, 0.4) is 0 Å². The molecule has 2 fully saturated rings. The van der Waals surface area contributed by atoms with Gasteiger partial charge in [0.05, 0.1) is 0 Å². The molecule has 2 aliphatic rings. The van der Waals surface area contributed by atoms with E-state index in [1.807, 2.05) is 4.90 Å². The van der Waals surface area contributed by atoms with E-state index in [0.717, 1.165) is 25.9 Å². The molecule has 0 aromatic carbocycles. The minimum absolute atomic E-state index is 0.00389. The summed E-state index contributed by atoms with van der Waals surface area (Å²) < 4.78 is 0. The number of hydrogen-bond donors (Lipinski definition) is 1. The Bertz CT molecular complexity index is 204. The Morgan fingerprint density at radius 2 is 2.45 bits per heavy atom. The zero-order chi connectivity index (χ0) is 8.06. The van der Waals surface area contributed by atoms with Crippen LogP contribution in [0.25, 0.3) is 0 Å². The Hall–Kier alpha value is -0.570. The molecule has 3 nitrogen and oxygen atoms in total. The average molecular weight is 154 g/mol. The average Bonchev–Trinajstić information content (AvgIpc) is 2.58. The van der Waals surface area contributed by atoms with Crippen LogP contribution < -0.4 is 5.73 Å². The van der Waals surface area contributed by atoms with Crippen molar-refractivity contribution in [3.8, 4) is 0 Å². The first-order chi connectivity index (χ1) is 5.12. The smallest absolute Gasteiger partial charge is 0.219 e. The van der Waals surface area contributed by atoms with Crippen molar-refractivity contribution in [2.24, 2.45) is 11.7 Å². The third-order valence-electron chi connectivity index (χ3n) is 2.96. The Kier molecular flexibility index (Phi) is 1.27. The van der Waals surface area contributed by atoms with Crippen LogP contribution in [-0.2, 0) is 4.79 Å². The number of piperidine rings is 1. The highest BCUT2D eigenvalue weighted by Gasteiger charge is 2.54. The lowest BCUT2D eigenvalue weighted by Crippen LogP contribution is -2.47. The Morgan fingerprint density at radius 1 is 1.73 bits per heavy atom. The summed E-state index contributed by atoms with van der Waals surface area (Å²) in [7, 11) is 0. The molecule has 2 unspecified atom stereocenters. The maximum absolute atomic E-state index is 11.0. The van der Waals surface area contributed by atoms with Crippen molar-refractivity contribution in [2.45, 2.75) is 25.3 Å². The molecule has 0 aromatic heterocycles. The molecular weight excluding hydrogens is 140 g/mol. The van der Waals surface area contributed by atoms with Crippen LogP contribution in [0.2, 0.25) is 0 Å². The number of amides is 1. The van der Waals surface area contributed by atoms with E-state index in [9.17, 15) is 4.79 Å². The van der Waals surface area contributed by atoms with Gasteiger partial charge in [-0.15, -0.1) is 0 Å². The molecule has 0 aromatic rings. The fraction of sp³-hybridized carbons (Fsp3) is 0.875. The lowest BCUT2D eigenvalue weighted by Gasteiger charge is -2.29. The molecule has 11 heavy (non-hydrogen) atoms. The van der Waals surface area contributed by atoms with Gasteiger partial charge in [0.15, 0.2) is 0 Å². The number of likely N-dealkylation sites (tertiary alicyclic amines) is 1. The van der Waals surface area contributed by atoms with Crippen molar-refractivity contribution in [3.63, 3.8) is 0 Å². The van der Waals surface area contributed by atoms with Gasteiger partial charge in [0.1, 0.15) is 0 Å². The fourth-order valence-corrected chi connectivity index (χ4v) is 2.00. The zero-order valence-electron chi connectivity index (χ0n) is 6.84. The molecule has 0 bridgehead atoms. The molecule has 62 valence electrons. The first kappa shape index (κ1) is 7.10. The summed E-state index contributed by atoms with van der Waals surface area (Å²) in [6, 6.07) is 0. The number of nitrogens with two attached hydrogens (primary N) is 1. The van der Waals surface area contributed by atoms with E-state index in [4.69, 9.17) is 5.73 Å². The van der Waals surface area contributed by atoms with Crippen LogP contribution in [0.4, 0.5) is 0 Å². The molecule has 1 amide bonds. The summed E-state index contributed by atoms with van der Waals surface area (Å²) in [5, 5.41) is 0. The Balaban J connectivity index is 2.02. The van der Waals surface area contributed by atoms with E-state index in [2.05, 4.69) is 0 Å². The molecule has 0 spiro atoms. The SMILES string of the molecule is CC(=O)N1CCC2CC2(N)C1. The van der Waals surface area contributed by atoms with Gasteiger partial charge in [-0.3, -0.25) is 4.79 Å². The topological polar surface area (TPSA) is 46.3 Å². The number of rotatable bonds is 0. The second-order valence-electron chi connectivity index (χ2n) is 3.86. The fourth-order valence-electron chi connectivity index (χ4n) is 2.00. The molecule has 2 N–H and O–H groups in total. The van der Waals surface area contributed by atoms with E-state index >= 15 is 0 Å². The van der Waals surface area contributed by atoms with Crippen molar-refractivity contribution in [3.05, 3.63) is 0 Å². The van der Waals surface area contributed by atoms with Crippen LogP contribution in [0.15, 0.2) is 0 Å². The molecule has 2 rings (SSSR count). The van der Waals surface area contributed by atoms with Crippen LogP contribution >= 0.6 is 0 Å². The monoisotopic (exact) mass is 154 g/mol. The van der Waals surface area contributed by atoms with Gasteiger partial charge in [-0.1, -0.05) is 0 Å². The Labute approximate surface area is 66.5 Å². The summed E-state index contributed by atoms with van der Waals surface area (Å²) in [5.41, 5.74) is 5.99. The van der Waals surface area contributed by atoms with E-state index < -0.39 is 0 Å². The number of carbonyl (C=O) groups is 1. The second kappa shape index (κ2) is 1.97. The quantitative estimate of drug-likeness (QED) is 0.532. The highest BCUT2D eigenvalue weighted by atomic mass is 16.2. The van der Waals surface area contributed by atoms with Crippen molar-refractivity contribution in [2.75, 3.05) is 13.1 Å². The predicted molar refractivity (Wildman–Crippen MR) is 41.9 cm³/mol. The van der Waals surface area contributed by atoms with Gasteiger partial charge in [0, 0.05) is 25.6 Å². The van der Waals surface area contributed by atoms with E-state index in [1.54, 1.807) is 6.92 Å². The number of fused-ring (bicyclic) bond motifs is 1. The zero-order valence-corrected chi connectivity index (χ0v) is 6.84. The minimum atomic E-state index is 0.00389. The summed E-state index contributed by atoms with van der Waals surface area (Å²) >= 11 is 0. The number of carbonyl (C=O) groups excluding carboxylic acids is 1. The van der Waals surface area contributed by atoms with Crippen LogP contribution in [-0.4, -0.2) is 29.4 Å². The second-order valence-corrected chi connectivity index (χ2v) is 3.86. The largest absolute Gasteiger partial charge is 0.341 e. The van der Waals surface area contributed by atoms with Gasteiger partial charge in [-0.2, -0.15) is 0 Å². The van der Waals surface area contributed by atoms with Crippen molar-refractivity contribution in [1.29, 1.82) is 0 Å². The summed E-state index contributed by atoms with van der Waals surface area (Å²) in [5.74, 6) is 0.873. The molecule has 1 heterocycles. The maximum Gasteiger partial charge on any atom is 0.219 e. The van der Waals surface area contributed by atoms with Gasteiger partial charge in [0.2, 0.25) is 5.91 Å². The van der Waals surface area contributed by atoms with Crippen molar-refractivity contribution < 1.29 is 4.79 Å². The highest BCUT2D eigenvalue weighted by Crippen LogP contribution is 2.46. The minimum Gasteiger partial charge on any atom is -0.341 e. The normalized spacial score (nSPS) is 41.6. The molecule has 1 saturated heterocycles. The van der Waals surface area contributed by atoms with E-state index in [0.29, 0.717) is 5.92 Å². The van der Waals surface area contributed by atoms with Crippen LogP contribution in [0.1, 0.15) is 19.8 Å². The first-order valence-electron chi connectivity index (χ1n) is 4.16. The summed E-state index contributed by atoms with van der Waals surface area (Å²) in [6.07, 6.45) is 2.23. The van der Waals surface area contributed by atoms with Crippen molar-refractivity contribution >= 4 is 5.91 Å². The molecule has 2 atom stereocenters. The lowest BCUT2D eigenvalue weighted by molar-refractivity contribution is -0.130. The van der Waals surface area contributed by atoms with Gasteiger partial charge < -0.3 is 10.6 Å². The van der Waals surface area contributed by atoms with Crippen molar-refractivity contribution in [1.82, 2.24) is 4.90 Å². The maximum atomic E-state index is 11.0. The number of hydrogen-bond acceptors (Lipinski definition) is 2. The molecule has 0 radical (unpaired) electrons. The number of nitrogens with zero attached hydrogens (tertiary/aromatic N) is 1. The molecular formula is C8H14N2O. The first-order valence-corrected chi connectivity index (χ1v) is 4.16. The molecule has 1 aliphatic carbocycles. The van der Waals surface area contributed by atoms with Gasteiger partial charge >= 0.3 is 0 Å². The highest BCUT2D eigenvalue weighted by molar-refractivity contribution is 5.73. The third-order valence-corrected chi connectivity index (χ3v) is 2.96.